The number of halogens is 1. The minimum absolute atomic E-state index is 0.174. The lowest BCUT2D eigenvalue weighted by atomic mass is 10.0. The Hall–Kier alpha value is -3.53. The monoisotopic (exact) mass is 356 g/mol. The number of nitrogens with zero attached hydrogens (tertiary/aromatic N) is 1. The van der Waals surface area contributed by atoms with Crippen molar-refractivity contribution in [2.45, 2.75) is 6.92 Å². The number of carbonyl (C=O) groups is 1. The van der Waals surface area contributed by atoms with Gasteiger partial charge in [0.05, 0.1) is 19.9 Å². The van der Waals surface area contributed by atoms with Gasteiger partial charge in [0.1, 0.15) is 29.1 Å². The Balaban J connectivity index is 2.46. The van der Waals surface area contributed by atoms with Gasteiger partial charge in [-0.05, 0) is 30.7 Å². The summed E-state index contributed by atoms with van der Waals surface area (Å²) in [6, 6.07) is 11.1. The number of amides is 1. The Labute approximate surface area is 150 Å². The molecule has 2 aromatic carbocycles. The van der Waals surface area contributed by atoms with E-state index in [1.54, 1.807) is 30.3 Å². The highest BCUT2D eigenvalue weighted by Gasteiger charge is 2.18. The van der Waals surface area contributed by atoms with Gasteiger partial charge in [-0.15, -0.1) is 0 Å². The van der Waals surface area contributed by atoms with Crippen LogP contribution in [0.4, 0.5) is 10.1 Å². The molecule has 0 unspecified atom stereocenters. The van der Waals surface area contributed by atoms with Gasteiger partial charge in [0.25, 0.3) is 5.91 Å². The molecule has 0 fully saturated rings. The lowest BCUT2D eigenvalue weighted by Gasteiger charge is -2.13. The third kappa shape index (κ3) is 3.92. The molecule has 0 bridgehead atoms. The maximum Gasteiger partial charge on any atom is 0.269 e. The van der Waals surface area contributed by atoms with Gasteiger partial charge < -0.3 is 19.9 Å². The standard InChI is InChI=1S/C19H17FN2O4/c1-11(23)15(10-21)19(24)22-17-9-18(26-3)14(8-16(17)20)12-5-4-6-13(7-12)25-2/h4-9,23H,1-3H3,(H,22,24)/b15-11-. The summed E-state index contributed by atoms with van der Waals surface area (Å²) in [4.78, 5) is 12.0. The van der Waals surface area contributed by atoms with Gasteiger partial charge in [-0.2, -0.15) is 5.26 Å². The highest BCUT2D eigenvalue weighted by atomic mass is 19.1. The molecule has 0 aromatic heterocycles. The second-order valence-corrected chi connectivity index (χ2v) is 5.29. The summed E-state index contributed by atoms with van der Waals surface area (Å²) in [5.74, 6) is -1.17. The van der Waals surface area contributed by atoms with Crippen molar-refractivity contribution in [3.05, 3.63) is 53.5 Å². The molecule has 0 aliphatic carbocycles. The fourth-order valence-electron chi connectivity index (χ4n) is 2.32. The number of benzene rings is 2. The van der Waals surface area contributed by atoms with Gasteiger partial charge in [-0.25, -0.2) is 4.39 Å². The van der Waals surface area contributed by atoms with E-state index in [1.165, 1.54) is 33.3 Å². The first-order valence-corrected chi connectivity index (χ1v) is 7.54. The summed E-state index contributed by atoms with van der Waals surface area (Å²) >= 11 is 0. The first kappa shape index (κ1) is 18.8. The summed E-state index contributed by atoms with van der Waals surface area (Å²) in [6.07, 6.45) is 0. The van der Waals surface area contributed by atoms with Crippen molar-refractivity contribution in [2.24, 2.45) is 0 Å². The second kappa shape index (κ2) is 8.03. The first-order valence-electron chi connectivity index (χ1n) is 7.54. The van der Waals surface area contributed by atoms with Gasteiger partial charge in [0.15, 0.2) is 5.57 Å². The van der Waals surface area contributed by atoms with Crippen LogP contribution >= 0.6 is 0 Å². The van der Waals surface area contributed by atoms with Crippen LogP contribution in [0.1, 0.15) is 6.92 Å². The fraction of sp³-hybridized carbons (Fsp3) is 0.158. The van der Waals surface area contributed by atoms with E-state index < -0.39 is 23.1 Å². The largest absolute Gasteiger partial charge is 0.511 e. The van der Waals surface area contributed by atoms with Crippen LogP contribution in [0.3, 0.4) is 0 Å². The highest BCUT2D eigenvalue weighted by molar-refractivity contribution is 6.07. The van der Waals surface area contributed by atoms with Crippen molar-refractivity contribution in [3.8, 4) is 28.7 Å². The molecule has 6 nitrogen and oxygen atoms in total. The molecule has 2 aromatic rings. The molecule has 134 valence electrons. The average Bonchev–Trinajstić information content (AvgIpc) is 2.63. The Bertz CT molecular complexity index is 912. The number of anilines is 1. The summed E-state index contributed by atoms with van der Waals surface area (Å²) in [5.41, 5.74) is 0.464. The highest BCUT2D eigenvalue weighted by Crippen LogP contribution is 2.35. The first-order chi connectivity index (χ1) is 12.4. The van der Waals surface area contributed by atoms with Gasteiger partial charge in [-0.1, -0.05) is 12.1 Å². The number of hydrogen-bond donors (Lipinski definition) is 2. The zero-order valence-electron chi connectivity index (χ0n) is 14.5. The van der Waals surface area contributed by atoms with E-state index in [-0.39, 0.29) is 5.69 Å². The number of aliphatic hydroxyl groups is 1. The molecule has 0 heterocycles. The van der Waals surface area contributed by atoms with Gasteiger partial charge in [0.2, 0.25) is 0 Å². The smallest absolute Gasteiger partial charge is 0.269 e. The second-order valence-electron chi connectivity index (χ2n) is 5.29. The predicted octanol–water partition coefficient (Wildman–Crippen LogP) is 3.80. The van der Waals surface area contributed by atoms with Crippen molar-refractivity contribution in [1.29, 1.82) is 5.26 Å². The quantitative estimate of drug-likeness (QED) is 0.483. The number of rotatable bonds is 5. The van der Waals surface area contributed by atoms with Crippen LogP contribution in [0.2, 0.25) is 0 Å². The number of hydrogen-bond acceptors (Lipinski definition) is 5. The molecule has 2 rings (SSSR count). The van der Waals surface area contributed by atoms with Gasteiger partial charge >= 0.3 is 0 Å². The fourth-order valence-corrected chi connectivity index (χ4v) is 2.32. The number of ether oxygens (including phenoxy) is 2. The van der Waals surface area contributed by atoms with Crippen molar-refractivity contribution in [1.82, 2.24) is 0 Å². The topological polar surface area (TPSA) is 91.6 Å². The lowest BCUT2D eigenvalue weighted by molar-refractivity contribution is -0.112. The van der Waals surface area contributed by atoms with Crippen molar-refractivity contribution < 1.29 is 23.8 Å². The molecule has 0 saturated carbocycles. The van der Waals surface area contributed by atoms with E-state index in [2.05, 4.69) is 5.32 Å². The molecule has 2 N–H and O–H groups in total. The van der Waals surface area contributed by atoms with Crippen LogP contribution in [-0.4, -0.2) is 25.2 Å². The SMILES string of the molecule is COc1cccc(-c2cc(F)c(NC(=O)/C(C#N)=C(/C)O)cc2OC)c1. The van der Waals surface area contributed by atoms with Crippen LogP contribution in [0, 0.1) is 17.1 Å². The summed E-state index contributed by atoms with van der Waals surface area (Å²) < 4.78 is 25.0. The van der Waals surface area contributed by atoms with Crippen molar-refractivity contribution in [2.75, 3.05) is 19.5 Å². The van der Waals surface area contributed by atoms with Crippen LogP contribution in [0.25, 0.3) is 11.1 Å². The molecule has 26 heavy (non-hydrogen) atoms. The van der Waals surface area contributed by atoms with Crippen LogP contribution in [0.15, 0.2) is 47.7 Å². The summed E-state index contributed by atoms with van der Waals surface area (Å²) in [6.45, 7) is 1.20. The average molecular weight is 356 g/mol. The minimum atomic E-state index is -0.914. The Morgan fingerprint density at radius 3 is 2.54 bits per heavy atom. The lowest BCUT2D eigenvalue weighted by Crippen LogP contribution is -2.16. The predicted molar refractivity (Wildman–Crippen MR) is 94.5 cm³/mol. The summed E-state index contributed by atoms with van der Waals surface area (Å²) in [7, 11) is 2.94. The number of aliphatic hydroxyl groups excluding tert-OH is 1. The van der Waals surface area contributed by atoms with Crippen LogP contribution < -0.4 is 14.8 Å². The molecule has 0 saturated heterocycles. The van der Waals surface area contributed by atoms with E-state index in [0.29, 0.717) is 22.6 Å². The zero-order valence-corrected chi connectivity index (χ0v) is 14.5. The number of carbonyl (C=O) groups excluding carboxylic acids is 1. The van der Waals surface area contributed by atoms with E-state index in [4.69, 9.17) is 14.7 Å². The molecular formula is C19H17FN2O4. The molecular weight excluding hydrogens is 339 g/mol. The molecule has 0 aliphatic heterocycles. The van der Waals surface area contributed by atoms with Gasteiger partial charge in [0, 0.05) is 11.6 Å². The Kier molecular flexibility index (Phi) is 5.81. The number of allylic oxidation sites excluding steroid dienone is 1. The molecule has 0 radical (unpaired) electrons. The normalized spacial score (nSPS) is 11.2. The maximum absolute atomic E-state index is 14.5. The van der Waals surface area contributed by atoms with Gasteiger partial charge in [-0.3, -0.25) is 4.79 Å². The van der Waals surface area contributed by atoms with E-state index in [9.17, 15) is 14.3 Å². The molecule has 0 atom stereocenters. The van der Waals surface area contributed by atoms with E-state index >= 15 is 0 Å². The Morgan fingerprint density at radius 1 is 1.23 bits per heavy atom. The Morgan fingerprint density at radius 2 is 1.96 bits per heavy atom. The minimum Gasteiger partial charge on any atom is -0.511 e. The third-order valence-corrected chi connectivity index (χ3v) is 3.62. The summed E-state index contributed by atoms with van der Waals surface area (Å²) in [5, 5.41) is 20.5. The van der Waals surface area contributed by atoms with E-state index in [0.717, 1.165) is 0 Å². The van der Waals surface area contributed by atoms with E-state index in [1.807, 2.05) is 0 Å². The molecule has 7 heteroatoms. The number of nitriles is 1. The van der Waals surface area contributed by atoms with Crippen molar-refractivity contribution >= 4 is 11.6 Å². The third-order valence-electron chi connectivity index (χ3n) is 3.62. The number of methoxy groups -OCH3 is 2. The molecule has 0 spiro atoms. The van der Waals surface area contributed by atoms with Crippen molar-refractivity contribution in [3.63, 3.8) is 0 Å². The molecule has 0 aliphatic rings. The van der Waals surface area contributed by atoms with Crippen LogP contribution in [0.5, 0.6) is 11.5 Å². The van der Waals surface area contributed by atoms with Crippen LogP contribution in [-0.2, 0) is 4.79 Å². The molecule has 1 amide bonds. The number of nitrogens with one attached hydrogen (secondary N) is 1. The zero-order chi connectivity index (χ0) is 19.3. The maximum atomic E-state index is 14.5.